The maximum absolute atomic E-state index is 5.40. The van der Waals surface area contributed by atoms with Gasteiger partial charge in [-0.1, -0.05) is 0 Å². The van der Waals surface area contributed by atoms with Gasteiger partial charge in [0.05, 0.1) is 0 Å². The van der Waals surface area contributed by atoms with Crippen LogP contribution in [-0.4, -0.2) is 16.5 Å². The Morgan fingerprint density at radius 3 is 2.80 bits per heavy atom. The molecule has 0 saturated heterocycles. The van der Waals surface area contributed by atoms with Crippen LogP contribution in [0.4, 0.5) is 5.82 Å². The van der Waals surface area contributed by atoms with Gasteiger partial charge in [-0.05, 0) is 6.54 Å². The van der Waals surface area contributed by atoms with Crippen LogP contribution in [0.5, 0.6) is 0 Å². The number of aromatic nitrogens is 2. The van der Waals surface area contributed by atoms with Gasteiger partial charge in [0.2, 0.25) is 0 Å². The maximum Gasteiger partial charge on any atom is 0.126 e. The first-order valence-corrected chi connectivity index (χ1v) is 3.09. The summed E-state index contributed by atoms with van der Waals surface area (Å²) in [5.41, 5.74) is 11.6. The number of hydrogen-bond donors (Lipinski definition) is 2. The predicted octanol–water partition coefficient (Wildman–Crippen LogP) is -0.440. The number of nitrogen functional groups attached to an aromatic ring is 1. The summed E-state index contributed by atoms with van der Waals surface area (Å²) in [5, 5.41) is 0. The average Bonchev–Trinajstić information content (AvgIpc) is 1.88. The highest BCUT2D eigenvalue weighted by molar-refractivity contribution is 5.27. The van der Waals surface area contributed by atoms with Crippen molar-refractivity contribution < 1.29 is 0 Å². The maximum atomic E-state index is 5.40. The SMILES string of the molecule is NCCc1cc(N)ncn1. The molecule has 0 aliphatic heterocycles. The Bertz CT molecular complexity index is 211. The van der Waals surface area contributed by atoms with Gasteiger partial charge in [0.15, 0.2) is 0 Å². The molecule has 0 saturated carbocycles. The van der Waals surface area contributed by atoms with E-state index in [9.17, 15) is 0 Å². The molecule has 1 aromatic rings. The van der Waals surface area contributed by atoms with E-state index in [1.165, 1.54) is 6.33 Å². The molecule has 54 valence electrons. The number of rotatable bonds is 2. The van der Waals surface area contributed by atoms with Crippen LogP contribution >= 0.6 is 0 Å². The van der Waals surface area contributed by atoms with E-state index >= 15 is 0 Å². The third-order valence-electron chi connectivity index (χ3n) is 1.15. The Hall–Kier alpha value is -1.16. The summed E-state index contributed by atoms with van der Waals surface area (Å²) in [6, 6.07) is 1.73. The molecule has 0 aliphatic carbocycles. The van der Waals surface area contributed by atoms with Gasteiger partial charge in [0.1, 0.15) is 12.1 Å². The fraction of sp³-hybridized carbons (Fsp3) is 0.333. The molecule has 0 amide bonds. The van der Waals surface area contributed by atoms with Gasteiger partial charge in [-0.25, -0.2) is 9.97 Å². The molecule has 10 heavy (non-hydrogen) atoms. The summed E-state index contributed by atoms with van der Waals surface area (Å²) in [5.74, 6) is 0.499. The lowest BCUT2D eigenvalue weighted by molar-refractivity contribution is 0.911. The molecular formula is C6H10N4. The van der Waals surface area contributed by atoms with Crippen LogP contribution in [0.3, 0.4) is 0 Å². The molecule has 0 unspecified atom stereocenters. The Morgan fingerprint density at radius 2 is 2.20 bits per heavy atom. The molecule has 0 aliphatic rings. The van der Waals surface area contributed by atoms with Crippen LogP contribution in [0.25, 0.3) is 0 Å². The van der Waals surface area contributed by atoms with Gasteiger partial charge < -0.3 is 11.5 Å². The van der Waals surface area contributed by atoms with Gasteiger partial charge in [-0.15, -0.1) is 0 Å². The molecule has 1 heterocycles. The molecule has 0 spiro atoms. The van der Waals surface area contributed by atoms with Gasteiger partial charge in [0.25, 0.3) is 0 Å². The molecule has 0 aromatic carbocycles. The van der Waals surface area contributed by atoms with Crippen molar-refractivity contribution in [2.45, 2.75) is 6.42 Å². The largest absolute Gasteiger partial charge is 0.384 e. The van der Waals surface area contributed by atoms with Crippen LogP contribution in [0.1, 0.15) is 5.69 Å². The van der Waals surface area contributed by atoms with E-state index in [1.54, 1.807) is 6.07 Å². The molecule has 0 atom stereocenters. The van der Waals surface area contributed by atoms with E-state index in [2.05, 4.69) is 9.97 Å². The van der Waals surface area contributed by atoms with E-state index in [4.69, 9.17) is 11.5 Å². The zero-order chi connectivity index (χ0) is 7.40. The number of hydrogen-bond acceptors (Lipinski definition) is 4. The lowest BCUT2D eigenvalue weighted by Crippen LogP contribution is -2.05. The van der Waals surface area contributed by atoms with Crippen molar-refractivity contribution >= 4 is 5.82 Å². The first-order chi connectivity index (χ1) is 4.83. The molecule has 0 radical (unpaired) electrons. The van der Waals surface area contributed by atoms with Crippen LogP contribution in [0.2, 0.25) is 0 Å². The second-order valence-electron chi connectivity index (χ2n) is 1.97. The number of nitrogens with zero attached hydrogens (tertiary/aromatic N) is 2. The topological polar surface area (TPSA) is 77.8 Å². The summed E-state index contributed by atoms with van der Waals surface area (Å²) in [4.78, 5) is 7.71. The Labute approximate surface area is 59.3 Å². The first-order valence-electron chi connectivity index (χ1n) is 3.09. The summed E-state index contributed by atoms with van der Waals surface area (Å²) in [6.45, 7) is 0.594. The predicted molar refractivity (Wildman–Crippen MR) is 39.2 cm³/mol. The summed E-state index contributed by atoms with van der Waals surface area (Å²) >= 11 is 0. The van der Waals surface area contributed by atoms with Crippen LogP contribution in [-0.2, 0) is 6.42 Å². The lowest BCUT2D eigenvalue weighted by atomic mass is 10.3. The van der Waals surface area contributed by atoms with Gasteiger partial charge in [-0.3, -0.25) is 0 Å². The van der Waals surface area contributed by atoms with Gasteiger partial charge in [0, 0.05) is 18.2 Å². The zero-order valence-corrected chi connectivity index (χ0v) is 5.62. The Morgan fingerprint density at radius 1 is 1.40 bits per heavy atom. The van der Waals surface area contributed by atoms with Crippen molar-refractivity contribution in [1.29, 1.82) is 0 Å². The fourth-order valence-electron chi connectivity index (χ4n) is 0.700. The normalized spacial score (nSPS) is 9.70. The summed E-state index contributed by atoms with van der Waals surface area (Å²) in [7, 11) is 0. The smallest absolute Gasteiger partial charge is 0.126 e. The highest BCUT2D eigenvalue weighted by Gasteiger charge is 1.92. The molecule has 1 aromatic heterocycles. The molecular weight excluding hydrogens is 128 g/mol. The van der Waals surface area contributed by atoms with E-state index in [0.717, 1.165) is 12.1 Å². The van der Waals surface area contributed by atoms with E-state index in [-0.39, 0.29) is 0 Å². The monoisotopic (exact) mass is 138 g/mol. The summed E-state index contributed by atoms with van der Waals surface area (Å²) in [6.07, 6.45) is 2.20. The Balaban J connectivity index is 2.75. The molecule has 4 nitrogen and oxygen atoms in total. The van der Waals surface area contributed by atoms with Crippen molar-refractivity contribution in [1.82, 2.24) is 9.97 Å². The van der Waals surface area contributed by atoms with E-state index in [0.29, 0.717) is 12.4 Å². The molecule has 4 heteroatoms. The molecule has 4 N–H and O–H groups in total. The zero-order valence-electron chi connectivity index (χ0n) is 5.62. The standard InChI is InChI=1S/C6H10N4/c7-2-1-5-3-6(8)10-4-9-5/h3-4H,1-2,7H2,(H2,8,9,10). The van der Waals surface area contributed by atoms with Crippen LogP contribution in [0, 0.1) is 0 Å². The van der Waals surface area contributed by atoms with Crippen molar-refractivity contribution in [3.8, 4) is 0 Å². The van der Waals surface area contributed by atoms with Crippen molar-refractivity contribution in [2.24, 2.45) is 5.73 Å². The minimum absolute atomic E-state index is 0.499. The fourth-order valence-corrected chi connectivity index (χ4v) is 0.700. The van der Waals surface area contributed by atoms with Gasteiger partial charge >= 0.3 is 0 Å². The first kappa shape index (κ1) is 6.95. The van der Waals surface area contributed by atoms with E-state index < -0.39 is 0 Å². The highest BCUT2D eigenvalue weighted by atomic mass is 14.9. The number of anilines is 1. The quantitative estimate of drug-likeness (QED) is 0.580. The summed E-state index contributed by atoms with van der Waals surface area (Å²) < 4.78 is 0. The van der Waals surface area contributed by atoms with Crippen LogP contribution in [0.15, 0.2) is 12.4 Å². The van der Waals surface area contributed by atoms with Crippen LogP contribution < -0.4 is 11.5 Å². The lowest BCUT2D eigenvalue weighted by Gasteiger charge is -1.96. The average molecular weight is 138 g/mol. The van der Waals surface area contributed by atoms with E-state index in [1.807, 2.05) is 0 Å². The number of nitrogens with two attached hydrogens (primary N) is 2. The van der Waals surface area contributed by atoms with Gasteiger partial charge in [-0.2, -0.15) is 0 Å². The minimum atomic E-state index is 0.499. The third kappa shape index (κ3) is 1.66. The van der Waals surface area contributed by atoms with Crippen molar-refractivity contribution in [2.75, 3.05) is 12.3 Å². The molecule has 0 fully saturated rings. The molecule has 1 rings (SSSR count). The highest BCUT2D eigenvalue weighted by Crippen LogP contribution is 1.97. The minimum Gasteiger partial charge on any atom is -0.384 e. The Kier molecular flexibility index (Phi) is 2.17. The third-order valence-corrected chi connectivity index (χ3v) is 1.15. The molecule has 0 bridgehead atoms. The van der Waals surface area contributed by atoms with Crippen molar-refractivity contribution in [3.05, 3.63) is 18.1 Å². The second kappa shape index (κ2) is 3.12. The second-order valence-corrected chi connectivity index (χ2v) is 1.97. The van der Waals surface area contributed by atoms with Crippen molar-refractivity contribution in [3.63, 3.8) is 0 Å².